The molecule has 0 heterocycles. The van der Waals surface area contributed by atoms with Crippen LogP contribution in [0, 0.1) is 0 Å². The number of anilines is 1. The number of halogens is 1. The molecule has 0 aliphatic heterocycles. The van der Waals surface area contributed by atoms with Crippen molar-refractivity contribution in [2.45, 2.75) is 44.2 Å². The van der Waals surface area contributed by atoms with Gasteiger partial charge in [-0.3, -0.25) is 13.9 Å². The standard InChI is InChI=1S/C34H36BrN3O5S/c1-3-4-22-36-34(40)26(2)37(24-27-12-11-13-28(35)23-27)33(39)25-38(44(41,42)32-16-9-6-10-17-32)29-18-20-31(21-19-29)43-30-14-7-5-8-15-30/h5-21,23,26H,3-4,22,24-25H2,1-2H3,(H,36,40)/t26-/m0/s1. The van der Waals surface area contributed by atoms with Gasteiger partial charge in [-0.2, -0.15) is 0 Å². The van der Waals surface area contributed by atoms with Gasteiger partial charge in [0.05, 0.1) is 10.6 Å². The molecular weight excluding hydrogens is 642 g/mol. The quantitative estimate of drug-likeness (QED) is 0.149. The van der Waals surface area contributed by atoms with Gasteiger partial charge in [-0.15, -0.1) is 0 Å². The maximum absolute atomic E-state index is 14.1. The first-order valence-corrected chi connectivity index (χ1v) is 16.6. The first kappa shape index (κ1) is 32.8. The van der Waals surface area contributed by atoms with Crippen molar-refractivity contribution in [1.82, 2.24) is 10.2 Å². The molecule has 4 rings (SSSR count). The monoisotopic (exact) mass is 677 g/mol. The fourth-order valence-electron chi connectivity index (χ4n) is 4.50. The van der Waals surface area contributed by atoms with Crippen LogP contribution in [0.2, 0.25) is 0 Å². The highest BCUT2D eigenvalue weighted by atomic mass is 79.9. The Morgan fingerprint density at radius 1 is 0.864 bits per heavy atom. The summed E-state index contributed by atoms with van der Waals surface area (Å²) in [7, 11) is -4.16. The van der Waals surface area contributed by atoms with Crippen molar-refractivity contribution in [2.75, 3.05) is 17.4 Å². The number of nitrogens with one attached hydrogen (secondary N) is 1. The lowest BCUT2D eigenvalue weighted by molar-refractivity contribution is -0.139. The number of rotatable bonds is 14. The van der Waals surface area contributed by atoms with Crippen LogP contribution in [-0.4, -0.2) is 44.3 Å². The number of hydrogen-bond acceptors (Lipinski definition) is 5. The van der Waals surface area contributed by atoms with Crippen molar-refractivity contribution in [3.8, 4) is 11.5 Å². The van der Waals surface area contributed by atoms with E-state index in [4.69, 9.17) is 4.74 Å². The van der Waals surface area contributed by atoms with E-state index in [1.54, 1.807) is 49.4 Å². The smallest absolute Gasteiger partial charge is 0.264 e. The largest absolute Gasteiger partial charge is 0.457 e. The van der Waals surface area contributed by atoms with E-state index in [1.165, 1.54) is 17.0 Å². The van der Waals surface area contributed by atoms with Gasteiger partial charge in [-0.25, -0.2) is 8.42 Å². The van der Waals surface area contributed by atoms with Crippen molar-refractivity contribution in [3.63, 3.8) is 0 Å². The van der Waals surface area contributed by atoms with E-state index in [-0.39, 0.29) is 23.0 Å². The molecule has 0 aromatic heterocycles. The maximum atomic E-state index is 14.1. The van der Waals surface area contributed by atoms with Crippen LogP contribution in [0.4, 0.5) is 5.69 Å². The minimum atomic E-state index is -4.16. The topological polar surface area (TPSA) is 96.0 Å². The van der Waals surface area contributed by atoms with Crippen molar-refractivity contribution < 1.29 is 22.7 Å². The van der Waals surface area contributed by atoms with Gasteiger partial charge in [-0.05, 0) is 79.6 Å². The lowest BCUT2D eigenvalue weighted by atomic mass is 10.1. The third-order valence-electron chi connectivity index (χ3n) is 6.95. The van der Waals surface area contributed by atoms with Crippen LogP contribution in [0.1, 0.15) is 32.3 Å². The highest BCUT2D eigenvalue weighted by molar-refractivity contribution is 9.10. The van der Waals surface area contributed by atoms with E-state index >= 15 is 0 Å². The molecule has 0 aliphatic rings. The summed E-state index contributed by atoms with van der Waals surface area (Å²) in [5, 5.41) is 2.90. The number of benzene rings is 4. The lowest BCUT2D eigenvalue weighted by Gasteiger charge is -2.32. The van der Waals surface area contributed by atoms with Gasteiger partial charge in [0.15, 0.2) is 0 Å². The summed E-state index contributed by atoms with van der Waals surface area (Å²) in [5.74, 6) is 0.324. The second-order valence-electron chi connectivity index (χ2n) is 10.2. The number of nitrogens with zero attached hydrogens (tertiary/aromatic N) is 2. The normalized spacial score (nSPS) is 11.8. The summed E-state index contributed by atoms with van der Waals surface area (Å²) < 4.78 is 35.8. The fraction of sp³-hybridized carbons (Fsp3) is 0.235. The first-order chi connectivity index (χ1) is 21.2. The Labute approximate surface area is 267 Å². The van der Waals surface area contributed by atoms with E-state index in [2.05, 4.69) is 21.2 Å². The predicted molar refractivity (Wildman–Crippen MR) is 176 cm³/mol. The molecule has 1 atom stereocenters. The van der Waals surface area contributed by atoms with Crippen molar-refractivity contribution in [3.05, 3.63) is 119 Å². The summed E-state index contributed by atoms with van der Waals surface area (Å²) in [6, 6.07) is 30.3. The van der Waals surface area contributed by atoms with Crippen LogP contribution in [-0.2, 0) is 26.2 Å². The van der Waals surface area contributed by atoms with Gasteiger partial charge < -0.3 is 15.0 Å². The highest BCUT2D eigenvalue weighted by Gasteiger charge is 2.32. The van der Waals surface area contributed by atoms with Crippen molar-refractivity contribution >= 4 is 43.5 Å². The molecule has 4 aromatic carbocycles. The van der Waals surface area contributed by atoms with Gasteiger partial charge in [-0.1, -0.05) is 77.8 Å². The maximum Gasteiger partial charge on any atom is 0.264 e. The Morgan fingerprint density at radius 2 is 1.50 bits per heavy atom. The average molecular weight is 679 g/mol. The Bertz CT molecular complexity index is 1630. The van der Waals surface area contributed by atoms with Crippen molar-refractivity contribution in [1.29, 1.82) is 0 Å². The fourth-order valence-corrected chi connectivity index (χ4v) is 6.39. The summed E-state index contributed by atoms with van der Waals surface area (Å²) >= 11 is 3.47. The summed E-state index contributed by atoms with van der Waals surface area (Å²) in [6.07, 6.45) is 1.72. The number of ether oxygens (including phenoxy) is 1. The Morgan fingerprint density at radius 3 is 2.14 bits per heavy atom. The Balaban J connectivity index is 1.67. The van der Waals surface area contributed by atoms with E-state index < -0.39 is 28.5 Å². The molecule has 2 amide bonds. The third kappa shape index (κ3) is 8.70. The molecule has 1 N–H and O–H groups in total. The molecule has 0 radical (unpaired) electrons. The molecule has 230 valence electrons. The van der Waals surface area contributed by atoms with Gasteiger partial charge in [0.2, 0.25) is 11.8 Å². The van der Waals surface area contributed by atoms with E-state index in [1.807, 2.05) is 61.5 Å². The molecule has 0 saturated heterocycles. The first-order valence-electron chi connectivity index (χ1n) is 14.4. The minimum Gasteiger partial charge on any atom is -0.457 e. The second-order valence-corrected chi connectivity index (χ2v) is 13.0. The number of carbonyl (C=O) groups excluding carboxylic acids is 2. The lowest BCUT2D eigenvalue weighted by Crippen LogP contribution is -2.51. The summed E-state index contributed by atoms with van der Waals surface area (Å²) in [6.45, 7) is 3.77. The molecule has 8 nitrogen and oxygen atoms in total. The number of carbonyl (C=O) groups is 2. The molecule has 10 heteroatoms. The van der Waals surface area contributed by atoms with Crippen LogP contribution in [0.3, 0.4) is 0 Å². The molecule has 44 heavy (non-hydrogen) atoms. The van der Waals surface area contributed by atoms with Crippen molar-refractivity contribution in [2.24, 2.45) is 0 Å². The molecule has 0 unspecified atom stereocenters. The zero-order valence-electron chi connectivity index (χ0n) is 24.7. The average Bonchev–Trinajstić information content (AvgIpc) is 3.03. The van der Waals surface area contributed by atoms with Gasteiger partial charge in [0, 0.05) is 17.6 Å². The molecule has 0 bridgehead atoms. The third-order valence-corrected chi connectivity index (χ3v) is 9.23. The zero-order chi connectivity index (χ0) is 31.5. The van der Waals surface area contributed by atoms with Crippen LogP contribution in [0.5, 0.6) is 11.5 Å². The van der Waals surface area contributed by atoms with Crippen LogP contribution in [0.25, 0.3) is 0 Å². The number of para-hydroxylation sites is 1. The van der Waals surface area contributed by atoms with Crippen LogP contribution >= 0.6 is 15.9 Å². The highest BCUT2D eigenvalue weighted by Crippen LogP contribution is 2.28. The molecule has 0 aliphatic carbocycles. The van der Waals surface area contributed by atoms with Crippen LogP contribution < -0.4 is 14.4 Å². The Hall–Kier alpha value is -4.15. The van der Waals surface area contributed by atoms with E-state index in [0.717, 1.165) is 27.2 Å². The number of sulfonamides is 1. The number of unbranched alkanes of at least 4 members (excludes halogenated alkanes) is 1. The zero-order valence-corrected chi connectivity index (χ0v) is 27.1. The SMILES string of the molecule is CCCCNC(=O)[C@H](C)N(Cc1cccc(Br)c1)C(=O)CN(c1ccc(Oc2ccccc2)cc1)S(=O)(=O)c1ccccc1. The molecular formula is C34H36BrN3O5S. The Kier molecular flexibility index (Phi) is 11.6. The van der Waals surface area contributed by atoms with Gasteiger partial charge in [0.25, 0.3) is 10.0 Å². The van der Waals surface area contributed by atoms with Crippen LogP contribution in [0.15, 0.2) is 119 Å². The molecule has 0 spiro atoms. The number of hydrogen-bond donors (Lipinski definition) is 1. The van der Waals surface area contributed by atoms with E-state index in [9.17, 15) is 18.0 Å². The molecule has 0 saturated carbocycles. The summed E-state index contributed by atoms with van der Waals surface area (Å²) in [4.78, 5) is 28.7. The van der Waals surface area contributed by atoms with Gasteiger partial charge >= 0.3 is 0 Å². The second kappa shape index (κ2) is 15.5. The molecule has 4 aromatic rings. The predicted octanol–water partition coefficient (Wildman–Crippen LogP) is 6.77. The van der Waals surface area contributed by atoms with Gasteiger partial charge in [0.1, 0.15) is 24.1 Å². The summed E-state index contributed by atoms with van der Waals surface area (Å²) in [5.41, 5.74) is 1.07. The number of amides is 2. The van der Waals surface area contributed by atoms with E-state index in [0.29, 0.717) is 18.0 Å². The molecule has 0 fully saturated rings. The minimum absolute atomic E-state index is 0.0429.